The fraction of sp³-hybridized carbons (Fsp3) is 0.417. The smallest absolute Gasteiger partial charge is 0.309 e. The summed E-state index contributed by atoms with van der Waals surface area (Å²) in [6.45, 7) is 5.97. The molecule has 2 amide bonds. The van der Waals surface area contributed by atoms with E-state index in [1.807, 2.05) is 61.5 Å². The van der Waals surface area contributed by atoms with Crippen molar-refractivity contribution in [3.8, 4) is 5.75 Å². The van der Waals surface area contributed by atoms with Gasteiger partial charge in [0.15, 0.2) is 0 Å². The van der Waals surface area contributed by atoms with Crippen molar-refractivity contribution in [1.82, 2.24) is 20.4 Å². The molecule has 0 aromatic heterocycles. The first-order valence-corrected chi connectivity index (χ1v) is 10.7. The van der Waals surface area contributed by atoms with E-state index in [1.54, 1.807) is 7.11 Å². The van der Waals surface area contributed by atoms with Gasteiger partial charge in [-0.1, -0.05) is 42.5 Å². The predicted molar refractivity (Wildman–Crippen MR) is 121 cm³/mol. The fourth-order valence-electron chi connectivity index (χ4n) is 3.77. The molecule has 2 aromatic carbocycles. The average Bonchev–Trinajstić information content (AvgIpc) is 2.81. The summed E-state index contributed by atoms with van der Waals surface area (Å²) in [5.41, 5.74) is 2.04. The molecule has 2 aromatic rings. The van der Waals surface area contributed by atoms with Crippen molar-refractivity contribution < 1.29 is 14.3 Å². The molecule has 1 aliphatic heterocycles. The summed E-state index contributed by atoms with van der Waals surface area (Å²) in [6.07, 6.45) is 0. The number of piperazine rings is 1. The Morgan fingerprint density at radius 1 is 0.935 bits per heavy atom. The van der Waals surface area contributed by atoms with Crippen LogP contribution in [0.15, 0.2) is 54.6 Å². The first-order chi connectivity index (χ1) is 15.0. The number of amides is 2. The predicted octanol–water partition coefficient (Wildman–Crippen LogP) is 1.98. The van der Waals surface area contributed by atoms with E-state index in [4.69, 9.17) is 4.74 Å². The van der Waals surface area contributed by atoms with E-state index in [0.29, 0.717) is 6.54 Å². The highest BCUT2D eigenvalue weighted by Gasteiger charge is 2.26. The number of methoxy groups -OCH3 is 1. The summed E-state index contributed by atoms with van der Waals surface area (Å²) in [5.74, 6) is -0.446. The summed E-state index contributed by atoms with van der Waals surface area (Å²) >= 11 is 0. The Bertz CT molecular complexity index is 849. The second kappa shape index (κ2) is 10.9. The molecule has 3 rings (SSSR count). The number of nitrogens with one attached hydrogen (secondary N) is 2. The standard InChI is InChI=1S/C24H32N4O3/c1-18(19-7-5-4-6-8-19)26-24(30)23(29)25-17-22(28-15-13-27(2)14-16-28)20-9-11-21(31-3)12-10-20/h4-12,18,22H,13-17H2,1-3H3,(H,25,29)(H,26,30)/t18-,22-/m0/s1. The number of likely N-dealkylation sites (N-methyl/N-ethyl adjacent to an activating group) is 1. The Hall–Kier alpha value is -2.90. The summed E-state index contributed by atoms with van der Waals surface area (Å²) in [6, 6.07) is 17.2. The average molecular weight is 425 g/mol. The van der Waals surface area contributed by atoms with Crippen LogP contribution in [0, 0.1) is 0 Å². The molecule has 31 heavy (non-hydrogen) atoms. The van der Waals surface area contributed by atoms with Gasteiger partial charge in [-0.25, -0.2) is 0 Å². The highest BCUT2D eigenvalue weighted by atomic mass is 16.5. The maximum absolute atomic E-state index is 12.5. The quantitative estimate of drug-likeness (QED) is 0.665. The number of hydrogen-bond donors (Lipinski definition) is 2. The molecule has 166 valence electrons. The molecule has 2 atom stereocenters. The summed E-state index contributed by atoms with van der Waals surface area (Å²) < 4.78 is 5.27. The molecule has 2 N–H and O–H groups in total. The van der Waals surface area contributed by atoms with E-state index in [0.717, 1.165) is 43.1 Å². The van der Waals surface area contributed by atoms with Crippen LogP contribution < -0.4 is 15.4 Å². The SMILES string of the molecule is COc1ccc([C@H](CNC(=O)C(=O)N[C@@H](C)c2ccccc2)N2CCN(C)CC2)cc1. The van der Waals surface area contributed by atoms with E-state index in [1.165, 1.54) is 0 Å². The molecular formula is C24H32N4O3. The first-order valence-electron chi connectivity index (χ1n) is 10.7. The van der Waals surface area contributed by atoms with E-state index in [2.05, 4.69) is 27.5 Å². The number of rotatable bonds is 7. The number of carbonyl (C=O) groups excluding carboxylic acids is 2. The van der Waals surface area contributed by atoms with Crippen LogP contribution in [0.4, 0.5) is 0 Å². The van der Waals surface area contributed by atoms with Crippen LogP contribution in [0.2, 0.25) is 0 Å². The Morgan fingerprint density at radius 3 is 2.19 bits per heavy atom. The largest absolute Gasteiger partial charge is 0.497 e. The van der Waals surface area contributed by atoms with Crippen molar-refractivity contribution >= 4 is 11.8 Å². The van der Waals surface area contributed by atoms with Crippen LogP contribution in [0.3, 0.4) is 0 Å². The van der Waals surface area contributed by atoms with Crippen LogP contribution in [0.1, 0.15) is 30.1 Å². The lowest BCUT2D eigenvalue weighted by atomic mass is 10.0. The third kappa shape index (κ3) is 6.29. The van der Waals surface area contributed by atoms with Gasteiger partial charge < -0.3 is 20.3 Å². The van der Waals surface area contributed by atoms with Gasteiger partial charge in [0.05, 0.1) is 19.2 Å². The zero-order valence-corrected chi connectivity index (χ0v) is 18.5. The molecule has 0 saturated carbocycles. The molecule has 0 aliphatic carbocycles. The molecule has 0 spiro atoms. The molecule has 0 unspecified atom stereocenters. The second-order valence-corrected chi connectivity index (χ2v) is 7.94. The second-order valence-electron chi connectivity index (χ2n) is 7.94. The number of benzene rings is 2. The number of carbonyl (C=O) groups is 2. The van der Waals surface area contributed by atoms with Gasteiger partial charge in [0, 0.05) is 32.7 Å². The zero-order chi connectivity index (χ0) is 22.2. The number of nitrogens with zero attached hydrogens (tertiary/aromatic N) is 2. The van der Waals surface area contributed by atoms with Gasteiger partial charge >= 0.3 is 11.8 Å². The Morgan fingerprint density at radius 2 is 1.58 bits per heavy atom. The van der Waals surface area contributed by atoms with Crippen LogP contribution in [0.5, 0.6) is 5.75 Å². The van der Waals surface area contributed by atoms with Gasteiger partial charge in [-0.15, -0.1) is 0 Å². The lowest BCUT2D eigenvalue weighted by molar-refractivity contribution is -0.139. The Balaban J connectivity index is 1.63. The van der Waals surface area contributed by atoms with Crippen molar-refractivity contribution in [2.45, 2.75) is 19.0 Å². The van der Waals surface area contributed by atoms with Crippen LogP contribution in [-0.2, 0) is 9.59 Å². The van der Waals surface area contributed by atoms with Crippen LogP contribution in [-0.4, -0.2) is 68.5 Å². The molecule has 7 heteroatoms. The van der Waals surface area contributed by atoms with Crippen molar-refractivity contribution in [2.75, 3.05) is 46.9 Å². The minimum absolute atomic E-state index is 0.0112. The highest BCUT2D eigenvalue weighted by molar-refractivity contribution is 6.35. The topological polar surface area (TPSA) is 73.9 Å². The van der Waals surface area contributed by atoms with Gasteiger partial charge in [-0.3, -0.25) is 14.5 Å². The molecular weight excluding hydrogens is 392 g/mol. The minimum Gasteiger partial charge on any atom is -0.497 e. The zero-order valence-electron chi connectivity index (χ0n) is 18.5. The summed E-state index contributed by atoms with van der Waals surface area (Å²) in [7, 11) is 3.75. The molecule has 1 fully saturated rings. The summed E-state index contributed by atoms with van der Waals surface area (Å²) in [4.78, 5) is 29.6. The molecule has 0 radical (unpaired) electrons. The molecule has 1 aliphatic rings. The van der Waals surface area contributed by atoms with Gasteiger partial charge in [0.1, 0.15) is 5.75 Å². The lowest BCUT2D eigenvalue weighted by Gasteiger charge is -2.38. The molecule has 0 bridgehead atoms. The fourth-order valence-corrected chi connectivity index (χ4v) is 3.77. The first kappa shape index (κ1) is 22.8. The van der Waals surface area contributed by atoms with Gasteiger partial charge in [0.25, 0.3) is 0 Å². The van der Waals surface area contributed by atoms with Gasteiger partial charge in [-0.2, -0.15) is 0 Å². The van der Waals surface area contributed by atoms with Crippen molar-refractivity contribution in [1.29, 1.82) is 0 Å². The van der Waals surface area contributed by atoms with Crippen molar-refractivity contribution in [2.24, 2.45) is 0 Å². The monoisotopic (exact) mass is 424 g/mol. The van der Waals surface area contributed by atoms with Crippen LogP contribution in [0.25, 0.3) is 0 Å². The van der Waals surface area contributed by atoms with E-state index in [-0.39, 0.29) is 12.1 Å². The maximum atomic E-state index is 12.5. The van der Waals surface area contributed by atoms with E-state index >= 15 is 0 Å². The molecule has 1 heterocycles. The number of hydrogen-bond acceptors (Lipinski definition) is 5. The number of ether oxygens (including phenoxy) is 1. The molecule has 1 saturated heterocycles. The van der Waals surface area contributed by atoms with E-state index in [9.17, 15) is 9.59 Å². The Kier molecular flexibility index (Phi) is 8.03. The van der Waals surface area contributed by atoms with Crippen molar-refractivity contribution in [3.63, 3.8) is 0 Å². The Labute approximate surface area is 184 Å². The third-order valence-electron chi connectivity index (χ3n) is 5.79. The van der Waals surface area contributed by atoms with Crippen LogP contribution >= 0.6 is 0 Å². The summed E-state index contributed by atoms with van der Waals surface area (Å²) in [5, 5.41) is 5.61. The minimum atomic E-state index is -0.622. The normalized spacial score (nSPS) is 16.9. The van der Waals surface area contributed by atoms with Crippen molar-refractivity contribution in [3.05, 3.63) is 65.7 Å². The maximum Gasteiger partial charge on any atom is 0.309 e. The lowest BCUT2D eigenvalue weighted by Crippen LogP contribution is -2.49. The highest BCUT2D eigenvalue weighted by Crippen LogP contribution is 2.24. The third-order valence-corrected chi connectivity index (χ3v) is 5.79. The van der Waals surface area contributed by atoms with Gasteiger partial charge in [0.2, 0.25) is 0 Å². The van der Waals surface area contributed by atoms with Gasteiger partial charge in [-0.05, 0) is 37.2 Å². The molecule has 7 nitrogen and oxygen atoms in total. The van der Waals surface area contributed by atoms with E-state index < -0.39 is 11.8 Å².